The molecule has 1 atom stereocenters. The third-order valence-corrected chi connectivity index (χ3v) is 5.73. The summed E-state index contributed by atoms with van der Waals surface area (Å²) in [5.74, 6) is -2.61. The summed E-state index contributed by atoms with van der Waals surface area (Å²) in [7, 11) is 0. The molecule has 0 spiro atoms. The van der Waals surface area contributed by atoms with Crippen molar-refractivity contribution in [3.63, 3.8) is 0 Å². The number of aliphatic hydroxyl groups is 1. The lowest BCUT2D eigenvalue weighted by Crippen LogP contribution is -2.64. The Bertz CT molecular complexity index is 627. The molecule has 0 bridgehead atoms. The Hall–Kier alpha value is -1.53. The Morgan fingerprint density at radius 2 is 1.88 bits per heavy atom. The molecule has 4 nitrogen and oxygen atoms in total. The maximum atomic E-state index is 13.6. The van der Waals surface area contributed by atoms with Gasteiger partial charge in [-0.05, 0) is 18.4 Å². The summed E-state index contributed by atoms with van der Waals surface area (Å²) in [6.07, 6.45) is 1.43. The van der Waals surface area contributed by atoms with E-state index in [1.165, 1.54) is 0 Å². The van der Waals surface area contributed by atoms with E-state index in [0.29, 0.717) is 13.1 Å². The molecule has 1 saturated carbocycles. The molecule has 0 aromatic heterocycles. The number of alkyl halides is 2. The molecule has 6 heteroatoms. The topological polar surface area (TPSA) is 43.8 Å². The summed E-state index contributed by atoms with van der Waals surface area (Å²) in [5.41, 5.74) is 0.664. The number of nitrogens with zero attached hydrogens (tertiary/aromatic N) is 2. The standard InChI is InChI=1S/C18H22F2N2O2/c19-18(20)8-14(11-23)22(12-18)15-9-21(10-15)16(24)17(6-7-17)13-4-2-1-3-5-13/h1-5,14-15,23H,6-12H2/t14-/m0/s1. The number of rotatable bonds is 4. The fourth-order valence-corrected chi connectivity index (χ4v) is 4.16. The van der Waals surface area contributed by atoms with Crippen LogP contribution < -0.4 is 0 Å². The largest absolute Gasteiger partial charge is 0.395 e. The molecule has 24 heavy (non-hydrogen) atoms. The highest BCUT2D eigenvalue weighted by molar-refractivity contribution is 5.92. The third kappa shape index (κ3) is 2.52. The zero-order chi connectivity index (χ0) is 16.9. The molecule has 1 amide bonds. The molecule has 1 aromatic carbocycles. The van der Waals surface area contributed by atoms with Gasteiger partial charge in [0.25, 0.3) is 5.92 Å². The van der Waals surface area contributed by atoms with E-state index in [9.17, 15) is 18.7 Å². The smallest absolute Gasteiger partial charge is 0.262 e. The number of hydrogen-bond acceptors (Lipinski definition) is 3. The van der Waals surface area contributed by atoms with Gasteiger partial charge in [0.05, 0.1) is 18.6 Å². The van der Waals surface area contributed by atoms with Gasteiger partial charge in [0.15, 0.2) is 0 Å². The molecule has 2 saturated heterocycles. The highest BCUT2D eigenvalue weighted by Gasteiger charge is 2.56. The molecule has 1 aromatic rings. The summed E-state index contributed by atoms with van der Waals surface area (Å²) < 4.78 is 27.2. The quantitative estimate of drug-likeness (QED) is 0.909. The van der Waals surface area contributed by atoms with E-state index in [0.717, 1.165) is 18.4 Å². The van der Waals surface area contributed by atoms with Crippen LogP contribution in [0.4, 0.5) is 8.78 Å². The van der Waals surface area contributed by atoms with Gasteiger partial charge in [-0.25, -0.2) is 8.78 Å². The minimum atomic E-state index is -2.74. The minimum Gasteiger partial charge on any atom is -0.395 e. The van der Waals surface area contributed by atoms with Crippen molar-refractivity contribution in [1.82, 2.24) is 9.80 Å². The van der Waals surface area contributed by atoms with Gasteiger partial charge in [-0.2, -0.15) is 0 Å². The van der Waals surface area contributed by atoms with Gasteiger partial charge < -0.3 is 10.0 Å². The first-order valence-corrected chi connectivity index (χ1v) is 8.54. The van der Waals surface area contributed by atoms with Gasteiger partial charge in [-0.3, -0.25) is 9.69 Å². The number of benzene rings is 1. The predicted octanol–water partition coefficient (Wildman–Crippen LogP) is 1.63. The maximum Gasteiger partial charge on any atom is 0.262 e. The molecule has 0 unspecified atom stereocenters. The molecule has 3 fully saturated rings. The third-order valence-electron chi connectivity index (χ3n) is 5.73. The van der Waals surface area contributed by atoms with Gasteiger partial charge >= 0.3 is 0 Å². The molecular weight excluding hydrogens is 314 g/mol. The van der Waals surface area contributed by atoms with Crippen LogP contribution in [0.2, 0.25) is 0 Å². The number of carbonyl (C=O) groups is 1. The van der Waals surface area contributed by atoms with Gasteiger partial charge in [-0.15, -0.1) is 0 Å². The van der Waals surface area contributed by atoms with Crippen molar-refractivity contribution in [2.75, 3.05) is 26.2 Å². The first-order valence-electron chi connectivity index (χ1n) is 8.54. The van der Waals surface area contributed by atoms with Crippen LogP contribution in [-0.2, 0) is 10.2 Å². The van der Waals surface area contributed by atoms with Crippen molar-refractivity contribution in [2.45, 2.75) is 42.7 Å². The number of carbonyl (C=O) groups excluding carboxylic acids is 1. The second-order valence-electron chi connectivity index (χ2n) is 7.38. The average Bonchev–Trinajstić information content (AvgIpc) is 3.27. The second-order valence-corrected chi connectivity index (χ2v) is 7.38. The fourth-order valence-electron chi connectivity index (χ4n) is 4.16. The Balaban J connectivity index is 1.40. The molecule has 1 aliphatic carbocycles. The monoisotopic (exact) mass is 336 g/mol. The predicted molar refractivity (Wildman–Crippen MR) is 84.9 cm³/mol. The van der Waals surface area contributed by atoms with Crippen LogP contribution in [0.15, 0.2) is 30.3 Å². The van der Waals surface area contributed by atoms with Crippen molar-refractivity contribution in [2.24, 2.45) is 0 Å². The van der Waals surface area contributed by atoms with Crippen molar-refractivity contribution >= 4 is 5.91 Å². The van der Waals surface area contributed by atoms with E-state index in [1.807, 2.05) is 30.3 Å². The Kier molecular flexibility index (Phi) is 3.65. The summed E-state index contributed by atoms with van der Waals surface area (Å²) in [5, 5.41) is 9.34. The zero-order valence-electron chi connectivity index (χ0n) is 13.5. The Morgan fingerprint density at radius 1 is 1.21 bits per heavy atom. The molecule has 130 valence electrons. The molecule has 2 aliphatic heterocycles. The summed E-state index contributed by atoms with van der Waals surface area (Å²) in [6, 6.07) is 9.25. The first-order chi connectivity index (χ1) is 11.5. The molecule has 0 radical (unpaired) electrons. The van der Waals surface area contributed by atoms with Crippen LogP contribution in [0.3, 0.4) is 0 Å². The molecule has 3 aliphatic rings. The van der Waals surface area contributed by atoms with Crippen LogP contribution >= 0.6 is 0 Å². The van der Waals surface area contributed by atoms with Crippen molar-refractivity contribution < 1.29 is 18.7 Å². The number of likely N-dealkylation sites (tertiary alicyclic amines) is 2. The van der Waals surface area contributed by atoms with E-state index < -0.39 is 17.4 Å². The van der Waals surface area contributed by atoms with E-state index >= 15 is 0 Å². The summed E-state index contributed by atoms with van der Waals surface area (Å²) in [6.45, 7) is 0.405. The fraction of sp³-hybridized carbons (Fsp3) is 0.611. The average molecular weight is 336 g/mol. The lowest BCUT2D eigenvalue weighted by molar-refractivity contribution is -0.142. The second kappa shape index (κ2) is 5.49. The number of amides is 1. The highest BCUT2D eigenvalue weighted by atomic mass is 19.3. The number of aliphatic hydroxyl groups excluding tert-OH is 1. The van der Waals surface area contributed by atoms with E-state index in [-0.39, 0.29) is 31.5 Å². The van der Waals surface area contributed by atoms with Crippen LogP contribution in [-0.4, -0.2) is 65.1 Å². The van der Waals surface area contributed by atoms with Crippen LogP contribution in [0.1, 0.15) is 24.8 Å². The normalized spacial score (nSPS) is 28.6. The van der Waals surface area contributed by atoms with E-state index in [4.69, 9.17) is 0 Å². The Morgan fingerprint density at radius 3 is 2.46 bits per heavy atom. The number of hydrogen-bond donors (Lipinski definition) is 1. The van der Waals surface area contributed by atoms with Crippen molar-refractivity contribution in [3.8, 4) is 0 Å². The van der Waals surface area contributed by atoms with E-state index in [1.54, 1.807) is 9.80 Å². The van der Waals surface area contributed by atoms with Crippen molar-refractivity contribution in [3.05, 3.63) is 35.9 Å². The van der Waals surface area contributed by atoms with Gasteiger partial charge in [0, 0.05) is 31.6 Å². The van der Waals surface area contributed by atoms with Gasteiger partial charge in [0.1, 0.15) is 0 Å². The van der Waals surface area contributed by atoms with Crippen LogP contribution in [0, 0.1) is 0 Å². The maximum absolute atomic E-state index is 13.6. The van der Waals surface area contributed by atoms with Crippen molar-refractivity contribution in [1.29, 1.82) is 0 Å². The SMILES string of the molecule is O=C(N1CC(N2CC(F)(F)C[C@H]2CO)C1)C1(c2ccccc2)CC1. The van der Waals surface area contributed by atoms with E-state index in [2.05, 4.69) is 0 Å². The molecule has 2 heterocycles. The summed E-state index contributed by atoms with van der Waals surface area (Å²) in [4.78, 5) is 16.3. The van der Waals surface area contributed by atoms with Gasteiger partial charge in [0.2, 0.25) is 5.91 Å². The molecule has 4 rings (SSSR count). The minimum absolute atomic E-state index is 0.0638. The molecule has 1 N–H and O–H groups in total. The zero-order valence-corrected chi connectivity index (χ0v) is 13.5. The number of halogens is 2. The highest BCUT2D eigenvalue weighted by Crippen LogP contribution is 2.50. The lowest BCUT2D eigenvalue weighted by Gasteiger charge is -2.47. The lowest BCUT2D eigenvalue weighted by atomic mass is 9.92. The van der Waals surface area contributed by atoms with Crippen LogP contribution in [0.5, 0.6) is 0 Å². The molecular formula is C18H22F2N2O2. The summed E-state index contributed by atoms with van der Waals surface area (Å²) >= 11 is 0. The Labute approximate surface area is 140 Å². The first kappa shape index (κ1) is 16.0. The van der Waals surface area contributed by atoms with Crippen LogP contribution in [0.25, 0.3) is 0 Å². The van der Waals surface area contributed by atoms with Gasteiger partial charge in [-0.1, -0.05) is 30.3 Å².